The van der Waals surface area contributed by atoms with Gasteiger partial charge in [-0.3, -0.25) is 4.79 Å². The highest BCUT2D eigenvalue weighted by Gasteiger charge is 2.11. The van der Waals surface area contributed by atoms with Crippen molar-refractivity contribution in [1.29, 1.82) is 0 Å². The molecule has 0 aliphatic rings. The molecule has 1 aromatic heterocycles. The lowest BCUT2D eigenvalue weighted by molar-refractivity contribution is -0.124. The highest BCUT2D eigenvalue weighted by atomic mass is 16.1. The molecule has 0 fully saturated rings. The van der Waals surface area contributed by atoms with Crippen molar-refractivity contribution < 1.29 is 4.79 Å². The van der Waals surface area contributed by atoms with E-state index in [1.54, 1.807) is 6.20 Å². The van der Waals surface area contributed by atoms with Crippen LogP contribution < -0.4 is 10.2 Å². The number of hydrogen-bond donors (Lipinski definition) is 1. The highest BCUT2D eigenvalue weighted by molar-refractivity contribution is 5.78. The van der Waals surface area contributed by atoms with Gasteiger partial charge in [0, 0.05) is 32.8 Å². The van der Waals surface area contributed by atoms with Crippen LogP contribution in [0.15, 0.2) is 18.3 Å². The van der Waals surface area contributed by atoms with Crippen LogP contribution in [-0.2, 0) is 11.3 Å². The molecule has 0 aliphatic carbocycles. The standard InChI is InChI=1S/C14H23N3O/c1-5-6-11(2)14(18)16-10-12-7-8-15-13(9-12)17(3)4/h7-9,11H,5-6,10H2,1-4H3,(H,16,18). The molecule has 100 valence electrons. The van der Waals surface area contributed by atoms with Crippen LogP contribution in [0, 0.1) is 5.92 Å². The van der Waals surface area contributed by atoms with Crippen molar-refractivity contribution in [3.8, 4) is 0 Å². The fraction of sp³-hybridized carbons (Fsp3) is 0.571. The summed E-state index contributed by atoms with van der Waals surface area (Å²) >= 11 is 0. The number of aromatic nitrogens is 1. The van der Waals surface area contributed by atoms with Crippen LogP contribution in [0.5, 0.6) is 0 Å². The average molecular weight is 249 g/mol. The minimum atomic E-state index is 0.0881. The summed E-state index contributed by atoms with van der Waals surface area (Å²) in [6, 6.07) is 3.92. The molecule has 1 amide bonds. The lowest BCUT2D eigenvalue weighted by atomic mass is 10.1. The summed E-state index contributed by atoms with van der Waals surface area (Å²) in [5, 5.41) is 2.96. The Morgan fingerprint density at radius 3 is 2.83 bits per heavy atom. The van der Waals surface area contributed by atoms with E-state index in [0.717, 1.165) is 24.2 Å². The maximum atomic E-state index is 11.8. The van der Waals surface area contributed by atoms with E-state index in [0.29, 0.717) is 6.54 Å². The van der Waals surface area contributed by atoms with E-state index >= 15 is 0 Å². The van der Waals surface area contributed by atoms with Crippen LogP contribution in [-0.4, -0.2) is 25.0 Å². The number of amides is 1. The Morgan fingerprint density at radius 2 is 2.22 bits per heavy atom. The summed E-state index contributed by atoms with van der Waals surface area (Å²) < 4.78 is 0. The quantitative estimate of drug-likeness (QED) is 0.840. The normalized spacial score (nSPS) is 12.0. The van der Waals surface area contributed by atoms with Crippen molar-refractivity contribution in [3.05, 3.63) is 23.9 Å². The highest BCUT2D eigenvalue weighted by Crippen LogP contribution is 2.10. The largest absolute Gasteiger partial charge is 0.363 e. The average Bonchev–Trinajstić information content (AvgIpc) is 2.36. The van der Waals surface area contributed by atoms with Crippen molar-refractivity contribution in [2.24, 2.45) is 5.92 Å². The molecule has 0 bridgehead atoms. The zero-order chi connectivity index (χ0) is 13.5. The van der Waals surface area contributed by atoms with Crippen molar-refractivity contribution in [3.63, 3.8) is 0 Å². The van der Waals surface area contributed by atoms with Crippen LogP contribution in [0.1, 0.15) is 32.3 Å². The number of anilines is 1. The molecule has 1 heterocycles. The maximum Gasteiger partial charge on any atom is 0.223 e. The second-order valence-corrected chi connectivity index (χ2v) is 4.82. The van der Waals surface area contributed by atoms with E-state index in [9.17, 15) is 4.79 Å². The summed E-state index contributed by atoms with van der Waals surface area (Å²) in [4.78, 5) is 18.0. The van der Waals surface area contributed by atoms with Gasteiger partial charge in [-0.1, -0.05) is 20.3 Å². The molecule has 1 unspecified atom stereocenters. The van der Waals surface area contributed by atoms with E-state index in [1.807, 2.05) is 38.1 Å². The molecule has 0 aromatic carbocycles. The fourth-order valence-corrected chi connectivity index (χ4v) is 1.74. The summed E-state index contributed by atoms with van der Waals surface area (Å²) in [6.07, 6.45) is 3.74. The van der Waals surface area contributed by atoms with Crippen molar-refractivity contribution in [2.75, 3.05) is 19.0 Å². The predicted molar refractivity (Wildman–Crippen MR) is 74.5 cm³/mol. The van der Waals surface area contributed by atoms with Crippen molar-refractivity contribution in [1.82, 2.24) is 10.3 Å². The Morgan fingerprint density at radius 1 is 1.50 bits per heavy atom. The first-order chi connectivity index (χ1) is 8.54. The molecule has 0 saturated carbocycles. The van der Waals surface area contributed by atoms with Crippen LogP contribution in [0.2, 0.25) is 0 Å². The van der Waals surface area contributed by atoms with E-state index < -0.39 is 0 Å². The summed E-state index contributed by atoms with van der Waals surface area (Å²) in [6.45, 7) is 4.63. The Bertz CT molecular complexity index is 390. The van der Waals surface area contributed by atoms with E-state index in [1.165, 1.54) is 0 Å². The summed E-state index contributed by atoms with van der Waals surface area (Å²) in [7, 11) is 3.90. The molecule has 1 aromatic rings. The van der Waals surface area contributed by atoms with Gasteiger partial charge in [0.2, 0.25) is 5.91 Å². The molecule has 0 radical (unpaired) electrons. The topological polar surface area (TPSA) is 45.2 Å². The maximum absolute atomic E-state index is 11.8. The molecule has 18 heavy (non-hydrogen) atoms. The van der Waals surface area contributed by atoms with Crippen LogP contribution in [0.25, 0.3) is 0 Å². The molecule has 1 atom stereocenters. The predicted octanol–water partition coefficient (Wildman–Crippen LogP) is 2.20. The van der Waals surface area contributed by atoms with Crippen LogP contribution >= 0.6 is 0 Å². The smallest absolute Gasteiger partial charge is 0.223 e. The molecule has 4 heteroatoms. The molecular formula is C14H23N3O. The number of carbonyl (C=O) groups is 1. The molecule has 0 spiro atoms. The third kappa shape index (κ3) is 4.35. The van der Waals surface area contributed by atoms with Gasteiger partial charge < -0.3 is 10.2 Å². The van der Waals surface area contributed by atoms with Gasteiger partial charge in [0.1, 0.15) is 5.82 Å². The zero-order valence-corrected chi connectivity index (χ0v) is 11.7. The number of pyridine rings is 1. The van der Waals surface area contributed by atoms with Gasteiger partial charge in [0.05, 0.1) is 0 Å². The third-order valence-electron chi connectivity index (χ3n) is 2.90. The van der Waals surface area contributed by atoms with Gasteiger partial charge in [-0.15, -0.1) is 0 Å². The fourth-order valence-electron chi connectivity index (χ4n) is 1.74. The van der Waals surface area contributed by atoms with Gasteiger partial charge in [-0.25, -0.2) is 4.98 Å². The number of nitrogens with zero attached hydrogens (tertiary/aromatic N) is 2. The molecular weight excluding hydrogens is 226 g/mol. The number of carbonyl (C=O) groups excluding carboxylic acids is 1. The lowest BCUT2D eigenvalue weighted by Crippen LogP contribution is -2.28. The Labute approximate surface area is 109 Å². The van der Waals surface area contributed by atoms with Crippen LogP contribution in [0.4, 0.5) is 5.82 Å². The van der Waals surface area contributed by atoms with Gasteiger partial charge in [-0.05, 0) is 24.1 Å². The third-order valence-corrected chi connectivity index (χ3v) is 2.90. The van der Waals surface area contributed by atoms with E-state index in [4.69, 9.17) is 0 Å². The van der Waals surface area contributed by atoms with Gasteiger partial charge in [-0.2, -0.15) is 0 Å². The van der Waals surface area contributed by atoms with Crippen molar-refractivity contribution in [2.45, 2.75) is 33.2 Å². The Kier molecular flexibility index (Phi) is 5.62. The van der Waals surface area contributed by atoms with Gasteiger partial charge >= 0.3 is 0 Å². The Hall–Kier alpha value is -1.58. The molecule has 4 nitrogen and oxygen atoms in total. The molecule has 0 aliphatic heterocycles. The SMILES string of the molecule is CCCC(C)C(=O)NCc1ccnc(N(C)C)c1. The number of hydrogen-bond acceptors (Lipinski definition) is 3. The van der Waals surface area contributed by atoms with Crippen LogP contribution in [0.3, 0.4) is 0 Å². The number of rotatable bonds is 6. The van der Waals surface area contributed by atoms with E-state index in [2.05, 4.69) is 17.2 Å². The second-order valence-electron chi connectivity index (χ2n) is 4.82. The zero-order valence-electron chi connectivity index (χ0n) is 11.7. The first-order valence-corrected chi connectivity index (χ1v) is 6.44. The summed E-state index contributed by atoms with van der Waals surface area (Å²) in [5.74, 6) is 1.12. The van der Waals surface area contributed by atoms with E-state index in [-0.39, 0.29) is 11.8 Å². The monoisotopic (exact) mass is 249 g/mol. The lowest BCUT2D eigenvalue weighted by Gasteiger charge is -2.14. The first kappa shape index (κ1) is 14.5. The van der Waals surface area contributed by atoms with Crippen molar-refractivity contribution >= 4 is 11.7 Å². The first-order valence-electron chi connectivity index (χ1n) is 6.44. The summed E-state index contributed by atoms with van der Waals surface area (Å²) in [5.41, 5.74) is 1.07. The Balaban J connectivity index is 2.53. The molecule has 1 N–H and O–H groups in total. The minimum Gasteiger partial charge on any atom is -0.363 e. The van der Waals surface area contributed by atoms with Gasteiger partial charge in [0.15, 0.2) is 0 Å². The molecule has 0 saturated heterocycles. The van der Waals surface area contributed by atoms with Gasteiger partial charge in [0.25, 0.3) is 0 Å². The second kappa shape index (κ2) is 6.99. The molecule has 1 rings (SSSR count). The minimum absolute atomic E-state index is 0.0881. The number of nitrogens with one attached hydrogen (secondary N) is 1.